The number of nitro groups is 1. The summed E-state index contributed by atoms with van der Waals surface area (Å²) in [5.41, 5.74) is -0.639. The molecular formula is C8H6F4N2O4. The number of aromatic nitrogens is 1. The van der Waals surface area contributed by atoms with Crippen LogP contribution in [0.4, 0.5) is 23.4 Å². The Morgan fingerprint density at radius 3 is 2.50 bits per heavy atom. The van der Waals surface area contributed by atoms with E-state index in [0.717, 1.165) is 7.11 Å². The van der Waals surface area contributed by atoms with E-state index in [4.69, 9.17) is 0 Å². The highest BCUT2D eigenvalue weighted by Crippen LogP contribution is 2.34. The van der Waals surface area contributed by atoms with Gasteiger partial charge in [-0.3, -0.25) is 0 Å². The monoisotopic (exact) mass is 270 g/mol. The van der Waals surface area contributed by atoms with Crippen molar-refractivity contribution in [3.8, 4) is 11.6 Å². The van der Waals surface area contributed by atoms with Crippen LogP contribution in [0.25, 0.3) is 0 Å². The summed E-state index contributed by atoms with van der Waals surface area (Å²) in [6.45, 7) is -1.36. The van der Waals surface area contributed by atoms with E-state index in [-0.39, 0.29) is 0 Å². The molecule has 0 aliphatic heterocycles. The molecule has 0 N–H and O–H groups in total. The number of nitrogens with zero attached hydrogens (tertiary/aromatic N) is 2. The third kappa shape index (κ3) is 3.18. The van der Waals surface area contributed by atoms with E-state index in [2.05, 4.69) is 14.5 Å². The van der Waals surface area contributed by atoms with Crippen LogP contribution in [0.2, 0.25) is 0 Å². The molecule has 0 unspecified atom stereocenters. The predicted octanol–water partition coefficient (Wildman–Crippen LogP) is 2.37. The third-order valence-electron chi connectivity index (χ3n) is 1.75. The molecule has 0 radical (unpaired) electrons. The molecule has 0 fully saturated rings. The van der Waals surface area contributed by atoms with Gasteiger partial charge in [-0.15, -0.1) is 13.2 Å². The molecule has 0 spiro atoms. The van der Waals surface area contributed by atoms with Crippen LogP contribution in [-0.2, 0) is 6.67 Å². The summed E-state index contributed by atoms with van der Waals surface area (Å²) in [4.78, 5) is 12.6. The van der Waals surface area contributed by atoms with Crippen molar-refractivity contribution < 1.29 is 32.0 Å². The lowest BCUT2D eigenvalue weighted by molar-refractivity contribution is -0.390. The first-order valence-electron chi connectivity index (χ1n) is 4.32. The van der Waals surface area contributed by atoms with Crippen LogP contribution in [0, 0.1) is 10.1 Å². The average molecular weight is 270 g/mol. The van der Waals surface area contributed by atoms with Crippen molar-refractivity contribution in [3.63, 3.8) is 0 Å². The SMILES string of the molecule is COc1nc([N+](=O)[O-])c(CF)cc1OC(F)(F)F. The average Bonchev–Trinajstić information content (AvgIpc) is 2.25. The zero-order chi connectivity index (χ0) is 13.9. The van der Waals surface area contributed by atoms with Gasteiger partial charge in [-0.05, 0) is 4.92 Å². The summed E-state index contributed by atoms with van der Waals surface area (Å²) in [5, 5.41) is 10.5. The molecule has 1 aromatic rings. The highest BCUT2D eigenvalue weighted by molar-refractivity contribution is 5.45. The molecule has 1 aromatic heterocycles. The Morgan fingerprint density at radius 1 is 1.50 bits per heavy atom. The fourth-order valence-corrected chi connectivity index (χ4v) is 1.11. The van der Waals surface area contributed by atoms with Crippen molar-refractivity contribution in [1.82, 2.24) is 4.98 Å². The number of hydrogen-bond acceptors (Lipinski definition) is 5. The van der Waals surface area contributed by atoms with Gasteiger partial charge in [0, 0.05) is 11.1 Å². The van der Waals surface area contributed by atoms with Gasteiger partial charge >= 0.3 is 18.1 Å². The molecule has 0 atom stereocenters. The number of halogens is 4. The number of hydrogen-bond donors (Lipinski definition) is 0. The molecule has 6 nitrogen and oxygen atoms in total. The highest BCUT2D eigenvalue weighted by Gasteiger charge is 2.35. The summed E-state index contributed by atoms with van der Waals surface area (Å²) in [5.74, 6) is -2.62. The summed E-state index contributed by atoms with van der Waals surface area (Å²) < 4.78 is 56.5. The van der Waals surface area contributed by atoms with Gasteiger partial charge in [0.15, 0.2) is 0 Å². The first-order valence-corrected chi connectivity index (χ1v) is 4.32. The molecular weight excluding hydrogens is 264 g/mol. The van der Waals surface area contributed by atoms with E-state index in [1.807, 2.05) is 0 Å². The normalized spacial score (nSPS) is 11.2. The molecule has 0 aromatic carbocycles. The molecule has 10 heteroatoms. The van der Waals surface area contributed by atoms with Crippen molar-refractivity contribution in [2.24, 2.45) is 0 Å². The van der Waals surface area contributed by atoms with E-state index in [1.165, 1.54) is 0 Å². The lowest BCUT2D eigenvalue weighted by Gasteiger charge is -2.10. The number of pyridine rings is 1. The van der Waals surface area contributed by atoms with Crippen molar-refractivity contribution in [2.45, 2.75) is 13.0 Å². The van der Waals surface area contributed by atoms with E-state index >= 15 is 0 Å². The van der Waals surface area contributed by atoms with Gasteiger partial charge < -0.3 is 19.6 Å². The molecule has 18 heavy (non-hydrogen) atoms. The standard InChI is InChI=1S/C8H6F4N2O4/c1-17-7-5(18-8(10,11)12)2-4(3-9)6(13-7)14(15)16/h2H,3H2,1H3. The highest BCUT2D eigenvalue weighted by atomic mass is 19.4. The van der Waals surface area contributed by atoms with Crippen LogP contribution in [0.3, 0.4) is 0 Å². The second-order valence-electron chi connectivity index (χ2n) is 2.92. The summed E-state index contributed by atoms with van der Waals surface area (Å²) in [6, 6.07) is 0.525. The number of methoxy groups -OCH3 is 1. The van der Waals surface area contributed by atoms with E-state index < -0.39 is 41.0 Å². The topological polar surface area (TPSA) is 74.5 Å². The second-order valence-corrected chi connectivity index (χ2v) is 2.92. The Hall–Kier alpha value is -2.13. The van der Waals surface area contributed by atoms with E-state index in [9.17, 15) is 27.7 Å². The second kappa shape index (κ2) is 5.02. The van der Waals surface area contributed by atoms with Gasteiger partial charge in [0.2, 0.25) is 5.75 Å². The molecule has 100 valence electrons. The number of rotatable bonds is 4. The zero-order valence-corrected chi connectivity index (χ0v) is 8.82. The van der Waals surface area contributed by atoms with Crippen LogP contribution in [-0.4, -0.2) is 23.4 Å². The van der Waals surface area contributed by atoms with Gasteiger partial charge in [-0.2, -0.15) is 0 Å². The van der Waals surface area contributed by atoms with Crippen molar-refractivity contribution in [3.05, 3.63) is 21.7 Å². The lowest BCUT2D eigenvalue weighted by atomic mass is 10.2. The summed E-state index contributed by atoms with van der Waals surface area (Å²) >= 11 is 0. The minimum atomic E-state index is -5.04. The summed E-state index contributed by atoms with van der Waals surface area (Å²) in [6.07, 6.45) is -5.04. The molecule has 0 saturated carbocycles. The summed E-state index contributed by atoms with van der Waals surface area (Å²) in [7, 11) is 0.949. The maximum Gasteiger partial charge on any atom is 0.573 e. The van der Waals surface area contributed by atoms with Crippen LogP contribution in [0.5, 0.6) is 11.6 Å². The Morgan fingerprint density at radius 2 is 2.11 bits per heavy atom. The number of alkyl halides is 4. The van der Waals surface area contributed by atoms with Crippen molar-refractivity contribution in [1.29, 1.82) is 0 Å². The van der Waals surface area contributed by atoms with Crippen LogP contribution in [0.1, 0.15) is 5.56 Å². The molecule has 0 aliphatic carbocycles. The van der Waals surface area contributed by atoms with E-state index in [1.54, 1.807) is 0 Å². The maximum atomic E-state index is 12.5. The molecule has 1 rings (SSSR count). The minimum absolute atomic E-state index is 0.525. The molecule has 0 aliphatic rings. The van der Waals surface area contributed by atoms with Gasteiger partial charge in [-0.1, -0.05) is 0 Å². The van der Waals surface area contributed by atoms with Gasteiger partial charge in [0.05, 0.1) is 12.7 Å². The Labute approximate surface area is 97.3 Å². The molecule has 1 heterocycles. The maximum absolute atomic E-state index is 12.5. The van der Waals surface area contributed by atoms with Crippen LogP contribution < -0.4 is 9.47 Å². The largest absolute Gasteiger partial charge is 0.573 e. The lowest BCUT2D eigenvalue weighted by Crippen LogP contribution is -2.18. The fraction of sp³-hybridized carbons (Fsp3) is 0.375. The first kappa shape index (κ1) is 13.9. The quantitative estimate of drug-likeness (QED) is 0.477. The Kier molecular flexibility index (Phi) is 3.89. The first-order chi connectivity index (χ1) is 8.28. The zero-order valence-electron chi connectivity index (χ0n) is 8.82. The Bertz CT molecular complexity index is 463. The van der Waals surface area contributed by atoms with Crippen molar-refractivity contribution >= 4 is 5.82 Å². The molecule has 0 bridgehead atoms. The smallest absolute Gasteiger partial charge is 0.460 e. The van der Waals surface area contributed by atoms with Crippen LogP contribution in [0.15, 0.2) is 6.07 Å². The van der Waals surface area contributed by atoms with E-state index in [0.29, 0.717) is 6.07 Å². The van der Waals surface area contributed by atoms with Gasteiger partial charge in [0.1, 0.15) is 6.67 Å². The van der Waals surface area contributed by atoms with Crippen LogP contribution >= 0.6 is 0 Å². The van der Waals surface area contributed by atoms with Gasteiger partial charge in [0.25, 0.3) is 0 Å². The third-order valence-corrected chi connectivity index (χ3v) is 1.75. The Balaban J connectivity index is 3.30. The minimum Gasteiger partial charge on any atom is -0.460 e. The number of ether oxygens (including phenoxy) is 2. The van der Waals surface area contributed by atoms with Gasteiger partial charge in [-0.25, -0.2) is 4.39 Å². The van der Waals surface area contributed by atoms with Crippen molar-refractivity contribution in [2.75, 3.05) is 7.11 Å². The molecule has 0 amide bonds. The predicted molar refractivity (Wildman–Crippen MR) is 48.9 cm³/mol. The molecule has 0 saturated heterocycles. The fourth-order valence-electron chi connectivity index (χ4n) is 1.11.